The topological polar surface area (TPSA) is 110 Å². The van der Waals surface area contributed by atoms with E-state index in [0.29, 0.717) is 47.8 Å². The van der Waals surface area contributed by atoms with Gasteiger partial charge in [-0.1, -0.05) is 0 Å². The maximum absolute atomic E-state index is 12.3. The fourth-order valence-corrected chi connectivity index (χ4v) is 4.56. The molecule has 0 aliphatic carbocycles. The van der Waals surface area contributed by atoms with Gasteiger partial charge in [-0.3, -0.25) is 9.11 Å². The van der Waals surface area contributed by atoms with Gasteiger partial charge in [0.15, 0.2) is 5.65 Å². The highest BCUT2D eigenvalue weighted by molar-refractivity contribution is 8.24. The van der Waals surface area contributed by atoms with E-state index in [0.717, 1.165) is 5.39 Å². The van der Waals surface area contributed by atoms with Crippen LogP contribution < -0.4 is 5.32 Å². The van der Waals surface area contributed by atoms with Crippen molar-refractivity contribution in [3.8, 4) is 0 Å². The van der Waals surface area contributed by atoms with Crippen LogP contribution in [-0.4, -0.2) is 54.0 Å². The summed E-state index contributed by atoms with van der Waals surface area (Å²) in [5, 5.41) is 8.50. The number of aryl methyl sites for hydroxylation is 1. The van der Waals surface area contributed by atoms with E-state index in [9.17, 15) is 13.9 Å². The number of fused-ring (bicyclic) bond motifs is 1. The van der Waals surface area contributed by atoms with Crippen LogP contribution in [0.5, 0.6) is 0 Å². The van der Waals surface area contributed by atoms with Crippen molar-refractivity contribution in [2.24, 2.45) is 0 Å². The van der Waals surface area contributed by atoms with Crippen LogP contribution >= 0.6 is 10.6 Å². The molecule has 9 heteroatoms. The molecule has 0 unspecified atom stereocenters. The lowest BCUT2D eigenvalue weighted by molar-refractivity contribution is 0.0527. The molecule has 25 heavy (non-hydrogen) atoms. The third-order valence-electron chi connectivity index (χ3n) is 4.40. The molecule has 138 valence electrons. The fourth-order valence-electron chi connectivity index (χ4n) is 3.03. The number of anilines is 1. The van der Waals surface area contributed by atoms with Crippen LogP contribution in [0.2, 0.25) is 0 Å². The van der Waals surface area contributed by atoms with Crippen molar-refractivity contribution in [1.29, 1.82) is 0 Å². The summed E-state index contributed by atoms with van der Waals surface area (Å²) in [6, 6.07) is 0.0590. The monoisotopic (exact) mass is 368 g/mol. The summed E-state index contributed by atoms with van der Waals surface area (Å²) < 4.78 is 26.5. The van der Waals surface area contributed by atoms with Crippen LogP contribution in [0, 0.1) is 0 Å². The van der Waals surface area contributed by atoms with Gasteiger partial charge < -0.3 is 10.1 Å². The Morgan fingerprint density at radius 2 is 2.08 bits per heavy atom. The van der Waals surface area contributed by atoms with Gasteiger partial charge in [-0.2, -0.15) is 15.7 Å². The maximum Gasteiger partial charge on any atom is 0.341 e. The number of aromatic nitrogens is 3. The average Bonchev–Trinajstić information content (AvgIpc) is 3.00. The molecule has 3 heterocycles. The molecule has 1 aliphatic heterocycles. The first-order chi connectivity index (χ1) is 11.9. The Bertz CT molecular complexity index is 767. The number of ether oxygens (including phenoxy) is 1. The lowest BCUT2D eigenvalue weighted by atomic mass is 10.1. The molecule has 0 amide bonds. The van der Waals surface area contributed by atoms with Crippen LogP contribution in [0.3, 0.4) is 0 Å². The molecule has 1 saturated heterocycles. The SMILES string of the molecule is CCOC(=O)c1cnc2c(cnn2CC)c1NC1CCS(O)(O)CC1. The van der Waals surface area contributed by atoms with Crippen molar-refractivity contribution < 1.29 is 18.6 Å². The van der Waals surface area contributed by atoms with Crippen LogP contribution in [0.4, 0.5) is 5.69 Å². The number of hydrogen-bond donors (Lipinski definition) is 3. The highest BCUT2D eigenvalue weighted by Crippen LogP contribution is 2.44. The van der Waals surface area contributed by atoms with E-state index < -0.39 is 16.6 Å². The fraction of sp³-hybridized carbons (Fsp3) is 0.562. The molecule has 0 bridgehead atoms. The molecule has 1 aliphatic rings. The van der Waals surface area contributed by atoms with Crippen LogP contribution in [0.25, 0.3) is 11.0 Å². The Morgan fingerprint density at radius 3 is 2.72 bits per heavy atom. The smallest absolute Gasteiger partial charge is 0.341 e. The Kier molecular flexibility index (Phi) is 5.16. The zero-order valence-electron chi connectivity index (χ0n) is 14.4. The van der Waals surface area contributed by atoms with E-state index in [-0.39, 0.29) is 12.6 Å². The lowest BCUT2D eigenvalue weighted by Crippen LogP contribution is -2.31. The number of esters is 1. The molecule has 0 atom stereocenters. The molecule has 0 radical (unpaired) electrons. The quantitative estimate of drug-likeness (QED) is 0.696. The summed E-state index contributed by atoms with van der Waals surface area (Å²) in [4.78, 5) is 16.7. The van der Waals surface area contributed by atoms with E-state index in [1.807, 2.05) is 6.92 Å². The van der Waals surface area contributed by atoms with Gasteiger partial charge in [0.1, 0.15) is 5.56 Å². The molecule has 1 fully saturated rings. The standard InChI is InChI=1S/C16H24N4O4S/c1-3-20-15-12(10-18-20)14(13(9-17-15)16(21)24-4-2)19-11-5-7-25(22,23)8-6-11/h9-11,22-23H,3-8H2,1-2H3,(H,17,19). The third-order valence-corrected chi connectivity index (χ3v) is 6.18. The predicted octanol–water partition coefficient (Wildman–Crippen LogP) is 2.95. The van der Waals surface area contributed by atoms with E-state index in [2.05, 4.69) is 15.4 Å². The second-order valence-corrected chi connectivity index (χ2v) is 8.51. The zero-order valence-corrected chi connectivity index (χ0v) is 15.3. The molecule has 0 spiro atoms. The van der Waals surface area contributed by atoms with Gasteiger partial charge >= 0.3 is 5.97 Å². The maximum atomic E-state index is 12.3. The van der Waals surface area contributed by atoms with Crippen molar-refractivity contribution in [3.05, 3.63) is 18.0 Å². The normalized spacial score (nSPS) is 18.9. The Hall–Kier alpha value is -1.84. The average molecular weight is 368 g/mol. The summed E-state index contributed by atoms with van der Waals surface area (Å²) in [6.07, 6.45) is 4.49. The highest BCUT2D eigenvalue weighted by Gasteiger charge is 2.27. The van der Waals surface area contributed by atoms with Gasteiger partial charge in [-0.15, -0.1) is 0 Å². The van der Waals surface area contributed by atoms with Crippen molar-refractivity contribution in [3.63, 3.8) is 0 Å². The minimum atomic E-state index is -2.45. The minimum Gasteiger partial charge on any atom is -0.462 e. The van der Waals surface area contributed by atoms with Gasteiger partial charge in [0, 0.05) is 30.3 Å². The van der Waals surface area contributed by atoms with Crippen LogP contribution in [-0.2, 0) is 11.3 Å². The van der Waals surface area contributed by atoms with Gasteiger partial charge in [0.05, 0.1) is 23.9 Å². The van der Waals surface area contributed by atoms with Crippen LogP contribution in [0.1, 0.15) is 37.0 Å². The van der Waals surface area contributed by atoms with Crippen molar-refractivity contribution in [2.75, 3.05) is 23.4 Å². The van der Waals surface area contributed by atoms with Gasteiger partial charge in [-0.25, -0.2) is 14.5 Å². The molecule has 2 aromatic rings. The lowest BCUT2D eigenvalue weighted by Gasteiger charge is -2.39. The molecule has 2 aromatic heterocycles. The number of hydrogen-bond acceptors (Lipinski definition) is 7. The number of carbonyl (C=O) groups is 1. The van der Waals surface area contributed by atoms with E-state index >= 15 is 0 Å². The van der Waals surface area contributed by atoms with E-state index in [4.69, 9.17) is 4.74 Å². The van der Waals surface area contributed by atoms with Crippen molar-refractivity contribution in [1.82, 2.24) is 14.8 Å². The Balaban J connectivity index is 1.96. The summed E-state index contributed by atoms with van der Waals surface area (Å²) >= 11 is 0. The summed E-state index contributed by atoms with van der Waals surface area (Å²) in [5.41, 5.74) is 1.74. The first kappa shape index (κ1) is 18.0. The minimum absolute atomic E-state index is 0.0590. The molecule has 0 saturated carbocycles. The van der Waals surface area contributed by atoms with Crippen LogP contribution in [0.15, 0.2) is 12.4 Å². The van der Waals surface area contributed by atoms with E-state index in [1.165, 1.54) is 6.20 Å². The Morgan fingerprint density at radius 1 is 1.36 bits per heavy atom. The molecular formula is C16H24N4O4S. The number of rotatable bonds is 5. The first-order valence-electron chi connectivity index (χ1n) is 8.47. The largest absolute Gasteiger partial charge is 0.462 e. The van der Waals surface area contributed by atoms with Crippen molar-refractivity contribution >= 4 is 33.3 Å². The first-order valence-corrected chi connectivity index (χ1v) is 10.4. The number of nitrogens with zero attached hydrogens (tertiary/aromatic N) is 3. The second-order valence-electron chi connectivity index (χ2n) is 6.09. The Labute approximate surface area is 147 Å². The number of pyridine rings is 1. The highest BCUT2D eigenvalue weighted by atomic mass is 32.3. The van der Waals surface area contributed by atoms with Crippen molar-refractivity contribution in [2.45, 2.75) is 39.3 Å². The van der Waals surface area contributed by atoms with Gasteiger partial charge in [0.25, 0.3) is 0 Å². The molecule has 8 nitrogen and oxygen atoms in total. The third kappa shape index (κ3) is 3.73. The zero-order chi connectivity index (χ0) is 18.0. The van der Waals surface area contributed by atoms with E-state index in [1.54, 1.807) is 17.8 Å². The predicted molar refractivity (Wildman–Crippen MR) is 98.4 cm³/mol. The molecule has 0 aromatic carbocycles. The second kappa shape index (κ2) is 7.19. The summed E-state index contributed by atoms with van der Waals surface area (Å²) in [6.45, 7) is 4.71. The summed E-state index contributed by atoms with van der Waals surface area (Å²) in [7, 11) is -2.45. The molecule has 3 rings (SSSR count). The number of nitrogens with one attached hydrogen (secondary N) is 1. The van der Waals surface area contributed by atoms with Gasteiger partial charge in [0.2, 0.25) is 0 Å². The van der Waals surface area contributed by atoms with Gasteiger partial charge in [-0.05, 0) is 26.7 Å². The number of carbonyl (C=O) groups excluding carboxylic acids is 1. The molecule has 3 N–H and O–H groups in total. The summed E-state index contributed by atoms with van der Waals surface area (Å²) in [5.74, 6) is 0.327. The molecular weight excluding hydrogens is 344 g/mol.